The van der Waals surface area contributed by atoms with Crippen LogP contribution in [0.5, 0.6) is 0 Å². The van der Waals surface area contributed by atoms with Crippen molar-refractivity contribution in [1.29, 1.82) is 0 Å². The summed E-state index contributed by atoms with van der Waals surface area (Å²) in [5, 5.41) is 11.7. The van der Waals surface area contributed by atoms with Gasteiger partial charge >= 0.3 is 11.9 Å². The second-order valence-corrected chi connectivity index (χ2v) is 12.2. The summed E-state index contributed by atoms with van der Waals surface area (Å²) in [6.45, 7) is 9.79. The number of aliphatic hydroxyl groups is 1. The molecule has 0 heterocycles. The summed E-state index contributed by atoms with van der Waals surface area (Å²) < 4.78 is 10.7. The van der Waals surface area contributed by atoms with Crippen LogP contribution in [0.3, 0.4) is 0 Å². The van der Waals surface area contributed by atoms with E-state index in [4.69, 9.17) is 9.47 Å². The highest BCUT2D eigenvalue weighted by molar-refractivity contribution is 6.05. The highest BCUT2D eigenvalue weighted by Gasteiger charge is 2.63. The van der Waals surface area contributed by atoms with Crippen molar-refractivity contribution in [2.24, 2.45) is 40.4 Å². The van der Waals surface area contributed by atoms with Gasteiger partial charge in [0.2, 0.25) is 5.78 Å². The number of hydrogen-bond donors (Lipinski definition) is 1. The lowest BCUT2D eigenvalue weighted by molar-refractivity contribution is -0.154. The number of aliphatic hydroxyl groups excluding tert-OH is 1. The van der Waals surface area contributed by atoms with Crippen molar-refractivity contribution in [2.45, 2.75) is 92.1 Å². The molecule has 0 saturated heterocycles. The molecule has 0 aromatic carbocycles. The Morgan fingerprint density at radius 1 is 1.14 bits per heavy atom. The van der Waals surface area contributed by atoms with E-state index in [1.807, 2.05) is 6.92 Å². The van der Waals surface area contributed by atoms with E-state index in [9.17, 15) is 24.3 Å². The SMILES string of the molecule is CCCCC(=O)OCC(=O)[C@H]1CC[C@H]2[C@@H]3C[C@H](C)C4=CC(=O)C(OC(=O)CC)=C[C@]4(C)[C@H]3[C@@H](O)C[C@]12C. The first-order valence-corrected chi connectivity index (χ1v) is 14.0. The summed E-state index contributed by atoms with van der Waals surface area (Å²) >= 11 is 0. The first-order valence-electron chi connectivity index (χ1n) is 14.0. The minimum Gasteiger partial charge on any atom is -0.458 e. The van der Waals surface area contributed by atoms with E-state index in [0.717, 1.165) is 37.7 Å². The van der Waals surface area contributed by atoms with Gasteiger partial charge in [0.15, 0.2) is 11.5 Å². The van der Waals surface area contributed by atoms with E-state index in [-0.39, 0.29) is 71.3 Å². The van der Waals surface area contributed by atoms with Crippen molar-refractivity contribution in [2.75, 3.05) is 6.61 Å². The summed E-state index contributed by atoms with van der Waals surface area (Å²) in [7, 11) is 0. The zero-order chi connectivity index (χ0) is 27.1. The molecule has 4 aliphatic carbocycles. The molecule has 0 amide bonds. The predicted molar refractivity (Wildman–Crippen MR) is 137 cm³/mol. The predicted octanol–water partition coefficient (Wildman–Crippen LogP) is 4.71. The molecular formula is C30H42O7. The average Bonchev–Trinajstić information content (AvgIpc) is 3.19. The molecule has 1 N–H and O–H groups in total. The van der Waals surface area contributed by atoms with Gasteiger partial charge in [-0.2, -0.15) is 0 Å². The van der Waals surface area contributed by atoms with Crippen molar-refractivity contribution in [3.05, 3.63) is 23.5 Å². The molecule has 0 aromatic heterocycles. The standard InChI is InChI=1S/C30H42O7/c1-6-8-9-27(35)36-16-24(33)20-11-10-19-18-12-17(3)21-13-22(31)25(37-26(34)7-2)15-30(21,5)28(18)23(32)14-29(19,20)4/h13,15,17-20,23,28,32H,6-12,14,16H2,1-5H3/t17-,18-,19-,20+,23-,28+,29-,30-/m0/s1. The van der Waals surface area contributed by atoms with E-state index in [0.29, 0.717) is 12.8 Å². The van der Waals surface area contributed by atoms with Gasteiger partial charge in [-0.3, -0.25) is 19.2 Å². The number of ketones is 2. The smallest absolute Gasteiger partial charge is 0.311 e. The van der Waals surface area contributed by atoms with Gasteiger partial charge in [-0.15, -0.1) is 0 Å². The molecule has 0 radical (unpaired) electrons. The van der Waals surface area contributed by atoms with Crippen molar-refractivity contribution in [3.63, 3.8) is 0 Å². The second kappa shape index (κ2) is 10.5. The van der Waals surface area contributed by atoms with E-state index >= 15 is 0 Å². The van der Waals surface area contributed by atoms with Crippen molar-refractivity contribution < 1.29 is 33.8 Å². The highest BCUT2D eigenvalue weighted by Crippen LogP contribution is 2.67. The lowest BCUT2D eigenvalue weighted by Gasteiger charge is -2.60. The summed E-state index contributed by atoms with van der Waals surface area (Å²) in [4.78, 5) is 50.0. The number of hydrogen-bond acceptors (Lipinski definition) is 7. The molecule has 204 valence electrons. The van der Waals surface area contributed by atoms with Gasteiger partial charge in [-0.05, 0) is 67.4 Å². The number of allylic oxidation sites excluding steroid dienone is 3. The molecule has 4 rings (SSSR count). The van der Waals surface area contributed by atoms with E-state index in [1.165, 1.54) is 0 Å². The lowest BCUT2D eigenvalue weighted by Crippen LogP contribution is -2.58. The van der Waals surface area contributed by atoms with Crippen molar-refractivity contribution in [3.8, 4) is 0 Å². The van der Waals surface area contributed by atoms with Crippen LogP contribution in [0.4, 0.5) is 0 Å². The number of unbranched alkanes of at least 4 members (excludes halogenated alkanes) is 1. The van der Waals surface area contributed by atoms with Gasteiger partial charge in [0, 0.05) is 30.1 Å². The molecule has 7 heteroatoms. The summed E-state index contributed by atoms with van der Waals surface area (Å²) in [6, 6.07) is 0. The number of carbonyl (C=O) groups is 4. The summed E-state index contributed by atoms with van der Waals surface area (Å²) in [6.07, 6.45) is 7.78. The monoisotopic (exact) mass is 514 g/mol. The molecule has 7 nitrogen and oxygen atoms in total. The number of ether oxygens (including phenoxy) is 2. The molecular weight excluding hydrogens is 472 g/mol. The van der Waals surface area contributed by atoms with Crippen LogP contribution < -0.4 is 0 Å². The number of rotatable bonds is 8. The topological polar surface area (TPSA) is 107 Å². The van der Waals surface area contributed by atoms with Gasteiger partial charge in [-0.1, -0.05) is 46.6 Å². The van der Waals surface area contributed by atoms with E-state index in [2.05, 4.69) is 20.8 Å². The van der Waals surface area contributed by atoms with Gasteiger partial charge in [0.25, 0.3) is 0 Å². The Bertz CT molecular complexity index is 1020. The zero-order valence-corrected chi connectivity index (χ0v) is 22.9. The number of Topliss-reactive ketones (excluding diaryl/α,β-unsaturated/α-hetero) is 1. The van der Waals surface area contributed by atoms with Crippen LogP contribution >= 0.6 is 0 Å². The van der Waals surface area contributed by atoms with E-state index < -0.39 is 17.5 Å². The zero-order valence-electron chi connectivity index (χ0n) is 22.9. The van der Waals surface area contributed by atoms with Crippen LogP contribution in [0.25, 0.3) is 0 Å². The molecule has 37 heavy (non-hydrogen) atoms. The van der Waals surface area contributed by atoms with Crippen molar-refractivity contribution in [1.82, 2.24) is 0 Å². The maximum absolute atomic E-state index is 13.3. The fourth-order valence-electron chi connectivity index (χ4n) is 8.27. The third-order valence-corrected chi connectivity index (χ3v) is 9.89. The number of carbonyl (C=O) groups excluding carboxylic acids is 4. The van der Waals surface area contributed by atoms with Gasteiger partial charge in [0.1, 0.15) is 6.61 Å². The van der Waals surface area contributed by atoms with Crippen LogP contribution in [0.1, 0.15) is 86.0 Å². The Labute approximate surface area is 220 Å². The van der Waals surface area contributed by atoms with Gasteiger partial charge in [0.05, 0.1) is 6.10 Å². The Balaban J connectivity index is 1.58. The quantitative estimate of drug-likeness (QED) is 0.468. The molecule has 0 aromatic rings. The maximum Gasteiger partial charge on any atom is 0.311 e. The molecule has 0 spiro atoms. The molecule has 3 fully saturated rings. The van der Waals surface area contributed by atoms with Gasteiger partial charge in [-0.25, -0.2) is 0 Å². The third-order valence-electron chi connectivity index (χ3n) is 9.89. The van der Waals surface area contributed by atoms with Crippen LogP contribution in [0.2, 0.25) is 0 Å². The second-order valence-electron chi connectivity index (χ2n) is 12.2. The molecule has 3 saturated carbocycles. The first-order chi connectivity index (χ1) is 17.5. The number of esters is 2. The van der Waals surface area contributed by atoms with Crippen LogP contribution in [0.15, 0.2) is 23.5 Å². The minimum atomic E-state index is -0.680. The minimum absolute atomic E-state index is 0.0481. The van der Waals surface area contributed by atoms with Gasteiger partial charge < -0.3 is 14.6 Å². The van der Waals surface area contributed by atoms with Crippen LogP contribution in [-0.2, 0) is 28.7 Å². The Morgan fingerprint density at radius 3 is 2.54 bits per heavy atom. The Hall–Kier alpha value is -2.28. The fraction of sp³-hybridized carbons (Fsp3) is 0.733. The summed E-state index contributed by atoms with van der Waals surface area (Å²) in [5.74, 6) is -0.955. The molecule has 0 aliphatic heterocycles. The Morgan fingerprint density at radius 2 is 1.86 bits per heavy atom. The van der Waals surface area contributed by atoms with Crippen molar-refractivity contribution >= 4 is 23.5 Å². The molecule has 0 unspecified atom stereocenters. The maximum atomic E-state index is 13.3. The third kappa shape index (κ3) is 4.84. The van der Waals surface area contributed by atoms with E-state index in [1.54, 1.807) is 19.1 Å². The molecule has 4 aliphatic rings. The van der Waals surface area contributed by atoms with Crippen LogP contribution in [0, 0.1) is 40.4 Å². The largest absolute Gasteiger partial charge is 0.458 e. The first kappa shape index (κ1) is 27.7. The molecule has 8 atom stereocenters. The Kier molecular flexibility index (Phi) is 7.85. The highest BCUT2D eigenvalue weighted by atomic mass is 16.5. The number of fused-ring (bicyclic) bond motifs is 5. The summed E-state index contributed by atoms with van der Waals surface area (Å²) in [5.41, 5.74) is -0.00406. The van der Waals surface area contributed by atoms with Crippen LogP contribution in [-0.4, -0.2) is 41.3 Å². The lowest BCUT2D eigenvalue weighted by atomic mass is 9.45. The molecule has 0 bridgehead atoms. The normalized spacial score (nSPS) is 38.5. The average molecular weight is 515 g/mol. The fourth-order valence-corrected chi connectivity index (χ4v) is 8.27.